The van der Waals surface area contributed by atoms with Gasteiger partial charge in [-0.1, -0.05) is 11.6 Å². The first-order valence-electron chi connectivity index (χ1n) is 6.14. The molecule has 0 unspecified atom stereocenters. The normalized spacial score (nSPS) is 17.6. The van der Waals surface area contributed by atoms with Gasteiger partial charge >= 0.3 is 0 Å². The van der Waals surface area contributed by atoms with E-state index in [-0.39, 0.29) is 12.8 Å². The van der Waals surface area contributed by atoms with Crippen LogP contribution in [0.1, 0.15) is 12.8 Å². The van der Waals surface area contributed by atoms with Crippen molar-refractivity contribution in [2.24, 2.45) is 0 Å². The average molecular weight is 297 g/mol. The quantitative estimate of drug-likeness (QED) is 0.859. The molecule has 2 aromatic rings. The lowest BCUT2D eigenvalue weighted by Gasteiger charge is -2.34. The molecule has 0 N–H and O–H groups in total. The van der Waals surface area contributed by atoms with Crippen LogP contribution in [0.25, 0.3) is 11.3 Å². The number of rotatable bonds is 3. The molecule has 0 atom stereocenters. The number of alkyl halides is 2. The predicted molar refractivity (Wildman–Crippen MR) is 71.1 cm³/mol. The van der Waals surface area contributed by atoms with Crippen molar-refractivity contribution in [2.75, 3.05) is 0 Å². The molecular weight excluding hydrogens is 286 g/mol. The molecule has 1 aliphatic carbocycles. The number of nitrogens with zero attached hydrogens (tertiary/aromatic N) is 2. The van der Waals surface area contributed by atoms with Crippen LogP contribution in [0, 0.1) is 0 Å². The van der Waals surface area contributed by atoms with Gasteiger partial charge in [0.05, 0.1) is 18.1 Å². The second-order valence-corrected chi connectivity index (χ2v) is 5.14. The second kappa shape index (κ2) is 4.98. The summed E-state index contributed by atoms with van der Waals surface area (Å²) in [6.45, 7) is 0. The van der Waals surface area contributed by atoms with Gasteiger partial charge < -0.3 is 4.74 Å². The molecule has 3 nitrogen and oxygen atoms in total. The Morgan fingerprint density at radius 1 is 1.10 bits per heavy atom. The zero-order valence-corrected chi connectivity index (χ0v) is 11.1. The van der Waals surface area contributed by atoms with Crippen molar-refractivity contribution in [3.63, 3.8) is 0 Å². The Morgan fingerprint density at radius 3 is 2.35 bits per heavy atom. The molecule has 0 radical (unpaired) electrons. The highest BCUT2D eigenvalue weighted by atomic mass is 35.5. The van der Waals surface area contributed by atoms with Crippen LogP contribution in [0.15, 0.2) is 36.7 Å². The zero-order chi connectivity index (χ0) is 14.2. The molecule has 20 heavy (non-hydrogen) atoms. The molecule has 1 heterocycles. The van der Waals surface area contributed by atoms with Crippen LogP contribution in [0.5, 0.6) is 5.75 Å². The minimum absolute atomic E-state index is 0.211. The molecule has 0 spiro atoms. The van der Waals surface area contributed by atoms with E-state index in [9.17, 15) is 8.78 Å². The fourth-order valence-corrected chi connectivity index (χ4v) is 2.15. The molecule has 0 bridgehead atoms. The minimum atomic E-state index is -2.57. The third-order valence-corrected chi connectivity index (χ3v) is 3.32. The molecule has 0 amide bonds. The first-order chi connectivity index (χ1) is 9.52. The van der Waals surface area contributed by atoms with Crippen LogP contribution >= 0.6 is 11.6 Å². The van der Waals surface area contributed by atoms with Gasteiger partial charge in [0.15, 0.2) is 0 Å². The average Bonchev–Trinajstić information content (AvgIpc) is 2.39. The number of hydrogen-bond donors (Lipinski definition) is 0. The lowest BCUT2D eigenvalue weighted by Crippen LogP contribution is -2.43. The standard InChI is InChI=1S/C14H11ClF2N2O/c15-13-8-18-12(7-19-13)9-1-3-10(4-2-9)20-11-5-14(16,17)6-11/h1-4,7-8,11H,5-6H2. The van der Waals surface area contributed by atoms with Gasteiger partial charge in [0.25, 0.3) is 5.92 Å². The minimum Gasteiger partial charge on any atom is -0.490 e. The third kappa shape index (κ3) is 2.88. The van der Waals surface area contributed by atoms with Gasteiger partial charge in [0.1, 0.15) is 17.0 Å². The lowest BCUT2D eigenvalue weighted by atomic mass is 9.91. The number of benzene rings is 1. The van der Waals surface area contributed by atoms with E-state index in [4.69, 9.17) is 16.3 Å². The fraction of sp³-hybridized carbons (Fsp3) is 0.286. The molecule has 6 heteroatoms. The molecule has 1 saturated carbocycles. The molecule has 104 valence electrons. The highest BCUT2D eigenvalue weighted by Crippen LogP contribution is 2.39. The van der Waals surface area contributed by atoms with Gasteiger partial charge in [-0.3, -0.25) is 4.98 Å². The van der Waals surface area contributed by atoms with Crippen LogP contribution in [0.2, 0.25) is 5.15 Å². The summed E-state index contributed by atoms with van der Waals surface area (Å²) in [6, 6.07) is 7.10. The highest BCUT2D eigenvalue weighted by molar-refractivity contribution is 6.29. The first kappa shape index (κ1) is 13.2. The van der Waals surface area contributed by atoms with Crippen molar-refractivity contribution in [2.45, 2.75) is 24.9 Å². The van der Waals surface area contributed by atoms with E-state index in [0.29, 0.717) is 16.6 Å². The monoisotopic (exact) mass is 296 g/mol. The fourth-order valence-electron chi connectivity index (χ4n) is 2.05. The number of hydrogen-bond acceptors (Lipinski definition) is 3. The Balaban J connectivity index is 1.67. The molecule has 1 aliphatic rings. The maximum Gasteiger partial charge on any atom is 0.255 e. The summed E-state index contributed by atoms with van der Waals surface area (Å²) < 4.78 is 30.9. The van der Waals surface area contributed by atoms with Gasteiger partial charge in [0, 0.05) is 18.4 Å². The third-order valence-electron chi connectivity index (χ3n) is 3.13. The summed E-state index contributed by atoms with van der Waals surface area (Å²) >= 11 is 5.67. The van der Waals surface area contributed by atoms with E-state index in [1.54, 1.807) is 18.3 Å². The molecule has 1 aromatic carbocycles. The van der Waals surface area contributed by atoms with E-state index in [1.807, 2.05) is 12.1 Å². The van der Waals surface area contributed by atoms with Gasteiger partial charge in [-0.2, -0.15) is 0 Å². The summed E-state index contributed by atoms with van der Waals surface area (Å²) in [5, 5.41) is 0.333. The zero-order valence-electron chi connectivity index (χ0n) is 10.4. The van der Waals surface area contributed by atoms with E-state index in [1.165, 1.54) is 6.20 Å². The van der Waals surface area contributed by atoms with Crippen molar-refractivity contribution >= 4 is 11.6 Å². The van der Waals surface area contributed by atoms with Gasteiger partial charge in [-0.05, 0) is 24.3 Å². The Bertz CT molecular complexity index is 594. The summed E-state index contributed by atoms with van der Waals surface area (Å²) in [5.74, 6) is -1.99. The van der Waals surface area contributed by atoms with E-state index >= 15 is 0 Å². The molecule has 1 aromatic heterocycles. The summed E-state index contributed by atoms with van der Waals surface area (Å²) in [5.41, 5.74) is 1.55. The summed E-state index contributed by atoms with van der Waals surface area (Å²) in [4.78, 5) is 8.10. The van der Waals surface area contributed by atoms with Crippen molar-refractivity contribution in [3.05, 3.63) is 41.8 Å². The van der Waals surface area contributed by atoms with Crippen LogP contribution in [0.3, 0.4) is 0 Å². The number of aromatic nitrogens is 2. The van der Waals surface area contributed by atoms with Crippen LogP contribution in [0.4, 0.5) is 8.78 Å². The Hall–Kier alpha value is -1.75. The van der Waals surface area contributed by atoms with Gasteiger partial charge in [-0.25, -0.2) is 13.8 Å². The molecule has 3 rings (SSSR count). The molecule has 0 aliphatic heterocycles. The van der Waals surface area contributed by atoms with E-state index in [2.05, 4.69) is 9.97 Å². The first-order valence-corrected chi connectivity index (χ1v) is 6.52. The molecular formula is C14H11ClF2N2O. The SMILES string of the molecule is FC1(F)CC(Oc2ccc(-c3cnc(Cl)cn3)cc2)C1. The highest BCUT2D eigenvalue weighted by Gasteiger charge is 2.46. The van der Waals surface area contributed by atoms with Crippen molar-refractivity contribution in [1.82, 2.24) is 9.97 Å². The predicted octanol–water partition coefficient (Wildman–Crippen LogP) is 3.97. The smallest absolute Gasteiger partial charge is 0.255 e. The lowest BCUT2D eigenvalue weighted by molar-refractivity contribution is -0.134. The van der Waals surface area contributed by atoms with E-state index < -0.39 is 12.0 Å². The topological polar surface area (TPSA) is 35.0 Å². The maximum absolute atomic E-state index is 12.7. The molecule has 1 fully saturated rings. The maximum atomic E-state index is 12.7. The van der Waals surface area contributed by atoms with Crippen molar-refractivity contribution in [1.29, 1.82) is 0 Å². The number of halogens is 3. The van der Waals surface area contributed by atoms with Gasteiger partial charge in [-0.15, -0.1) is 0 Å². The van der Waals surface area contributed by atoms with Gasteiger partial charge in [0.2, 0.25) is 0 Å². The van der Waals surface area contributed by atoms with E-state index in [0.717, 1.165) is 5.56 Å². The van der Waals surface area contributed by atoms with Crippen molar-refractivity contribution in [3.8, 4) is 17.0 Å². The Labute approximate surface area is 119 Å². The van der Waals surface area contributed by atoms with Crippen LogP contribution in [-0.4, -0.2) is 22.0 Å². The Kier molecular flexibility index (Phi) is 3.30. The van der Waals surface area contributed by atoms with Crippen molar-refractivity contribution < 1.29 is 13.5 Å². The Morgan fingerprint density at radius 2 is 1.80 bits per heavy atom. The number of ether oxygens (including phenoxy) is 1. The van der Waals surface area contributed by atoms with Crippen LogP contribution < -0.4 is 4.74 Å². The largest absolute Gasteiger partial charge is 0.490 e. The second-order valence-electron chi connectivity index (χ2n) is 4.75. The summed E-state index contributed by atoms with van der Waals surface area (Å²) in [6.07, 6.45) is 2.23. The summed E-state index contributed by atoms with van der Waals surface area (Å²) in [7, 11) is 0. The molecule has 0 saturated heterocycles. The van der Waals surface area contributed by atoms with Crippen LogP contribution in [-0.2, 0) is 0 Å².